The minimum absolute atomic E-state index is 0. The molecule has 2 aromatic heterocycles. The summed E-state index contributed by atoms with van der Waals surface area (Å²) in [4.78, 5) is 18.2. The van der Waals surface area contributed by atoms with Crippen molar-refractivity contribution in [2.45, 2.75) is 52.6 Å². The SMILES string of the molecule is Cc1c(-c2cc(C(=O)[O-])c3c(O[C@H]4CCCC[C@H]4C)ccc(C)c3n2)sc2ccccc12.[Na+]. The Morgan fingerprint density at radius 3 is 2.61 bits per heavy atom. The zero-order valence-corrected chi connectivity index (χ0v) is 22.4. The van der Waals surface area contributed by atoms with Gasteiger partial charge in [-0.05, 0) is 73.7 Å². The van der Waals surface area contributed by atoms with Gasteiger partial charge in [0.05, 0.1) is 27.4 Å². The van der Waals surface area contributed by atoms with Gasteiger partial charge in [0.25, 0.3) is 0 Å². The maximum Gasteiger partial charge on any atom is 1.00 e. The van der Waals surface area contributed by atoms with E-state index in [1.165, 1.54) is 11.8 Å². The molecule has 1 aliphatic rings. The second-order valence-corrected chi connectivity index (χ2v) is 9.97. The molecule has 1 saturated carbocycles. The largest absolute Gasteiger partial charge is 1.00 e. The van der Waals surface area contributed by atoms with Gasteiger partial charge in [0.1, 0.15) is 11.9 Å². The van der Waals surface area contributed by atoms with E-state index in [1.807, 2.05) is 31.2 Å². The maximum absolute atomic E-state index is 12.3. The van der Waals surface area contributed by atoms with E-state index in [0.29, 0.717) is 28.3 Å². The first-order valence-electron chi connectivity index (χ1n) is 11.2. The van der Waals surface area contributed by atoms with Crippen LogP contribution in [0.2, 0.25) is 0 Å². The predicted octanol–water partition coefficient (Wildman–Crippen LogP) is 3.06. The Morgan fingerprint density at radius 2 is 1.88 bits per heavy atom. The van der Waals surface area contributed by atoms with E-state index >= 15 is 0 Å². The van der Waals surface area contributed by atoms with Crippen molar-refractivity contribution in [3.05, 3.63) is 59.2 Å². The summed E-state index contributed by atoms with van der Waals surface area (Å²) >= 11 is 1.64. The number of carboxylic acid groups (broad SMARTS) is 1. The quantitative estimate of drug-likeness (QED) is 0.433. The van der Waals surface area contributed by atoms with E-state index in [1.54, 1.807) is 17.4 Å². The topological polar surface area (TPSA) is 62.2 Å². The standard InChI is InChI=1S/C27H27NO3S.Na/c1-15-8-4-6-10-21(15)31-22-13-12-16(2)25-24(22)19(27(29)30)14-20(28-25)26-17(3)18-9-5-7-11-23(18)32-26;/h5,7,9,11-15,21H,4,6,8,10H2,1-3H3,(H,29,30);/q;+1/p-1/t15-,21+;/m1./s1. The van der Waals surface area contributed by atoms with Gasteiger partial charge >= 0.3 is 29.6 Å². The Bertz CT molecular complexity index is 1350. The molecule has 4 aromatic rings. The Morgan fingerprint density at radius 1 is 1.12 bits per heavy atom. The normalized spacial score (nSPS) is 18.3. The number of aromatic nitrogens is 1. The maximum atomic E-state index is 12.3. The first kappa shape index (κ1) is 24.2. The van der Waals surface area contributed by atoms with E-state index in [-0.39, 0.29) is 41.2 Å². The number of carbonyl (C=O) groups excluding carboxylic acids is 1. The van der Waals surface area contributed by atoms with Crippen LogP contribution in [0.3, 0.4) is 0 Å². The molecule has 0 amide bonds. The summed E-state index contributed by atoms with van der Waals surface area (Å²) in [5, 5.41) is 14.0. The van der Waals surface area contributed by atoms with Crippen molar-refractivity contribution in [1.29, 1.82) is 0 Å². The molecule has 0 saturated heterocycles. The van der Waals surface area contributed by atoms with Crippen molar-refractivity contribution in [2.24, 2.45) is 5.92 Å². The minimum atomic E-state index is -1.20. The van der Waals surface area contributed by atoms with Crippen LogP contribution in [0.15, 0.2) is 42.5 Å². The van der Waals surface area contributed by atoms with E-state index in [0.717, 1.165) is 40.0 Å². The number of fused-ring (bicyclic) bond motifs is 2. The Hall–Kier alpha value is -1.92. The van der Waals surface area contributed by atoms with Crippen LogP contribution >= 0.6 is 11.3 Å². The summed E-state index contributed by atoms with van der Waals surface area (Å²) in [7, 11) is 0. The average Bonchev–Trinajstić information content (AvgIpc) is 3.13. The average molecular weight is 468 g/mol. The molecule has 0 aliphatic heterocycles. The van der Waals surface area contributed by atoms with Crippen molar-refractivity contribution >= 4 is 38.3 Å². The Kier molecular flexibility index (Phi) is 7.15. The summed E-state index contributed by atoms with van der Waals surface area (Å²) in [6.45, 7) is 6.24. The predicted molar refractivity (Wildman–Crippen MR) is 128 cm³/mol. The molecule has 0 radical (unpaired) electrons. The molecular weight excluding hydrogens is 441 g/mol. The summed E-state index contributed by atoms with van der Waals surface area (Å²) < 4.78 is 7.58. The number of hydrogen-bond acceptors (Lipinski definition) is 5. The Balaban J connectivity index is 0.00000259. The molecule has 1 aliphatic carbocycles. The second kappa shape index (κ2) is 9.75. The number of ether oxygens (including phenoxy) is 1. The van der Waals surface area contributed by atoms with Crippen molar-refractivity contribution in [1.82, 2.24) is 4.98 Å². The fourth-order valence-corrected chi connectivity index (χ4v) is 6.03. The molecule has 5 rings (SSSR count). The zero-order chi connectivity index (χ0) is 22.4. The molecule has 33 heavy (non-hydrogen) atoms. The number of aryl methyl sites for hydroxylation is 2. The molecule has 0 bridgehead atoms. The summed E-state index contributed by atoms with van der Waals surface area (Å²) in [6.07, 6.45) is 4.58. The van der Waals surface area contributed by atoms with Gasteiger partial charge in [-0.25, -0.2) is 4.98 Å². The molecular formula is C27H26NNaO3S. The van der Waals surface area contributed by atoms with E-state index in [9.17, 15) is 9.90 Å². The third-order valence-corrected chi connectivity index (χ3v) is 8.03. The first-order chi connectivity index (χ1) is 15.4. The minimum Gasteiger partial charge on any atom is -0.545 e. The summed E-state index contributed by atoms with van der Waals surface area (Å²) in [6, 6.07) is 13.7. The molecule has 1 fully saturated rings. The van der Waals surface area contributed by atoms with Gasteiger partial charge in [-0.15, -0.1) is 11.3 Å². The number of benzene rings is 2. The number of nitrogens with zero attached hydrogens (tertiary/aromatic N) is 1. The van der Waals surface area contributed by atoms with Crippen molar-refractivity contribution in [3.63, 3.8) is 0 Å². The van der Waals surface area contributed by atoms with Crippen LogP contribution in [0.5, 0.6) is 5.75 Å². The van der Waals surface area contributed by atoms with E-state index in [4.69, 9.17) is 9.72 Å². The van der Waals surface area contributed by atoms with Crippen LogP contribution in [0, 0.1) is 19.8 Å². The van der Waals surface area contributed by atoms with Crippen LogP contribution in [0.1, 0.15) is 54.1 Å². The number of hydrogen-bond donors (Lipinski definition) is 0. The van der Waals surface area contributed by atoms with Crippen molar-refractivity contribution < 1.29 is 44.2 Å². The molecule has 4 nitrogen and oxygen atoms in total. The van der Waals surface area contributed by atoms with Gasteiger partial charge in [0.15, 0.2) is 0 Å². The summed E-state index contributed by atoms with van der Waals surface area (Å²) in [5.74, 6) is -0.167. The first-order valence-corrected chi connectivity index (χ1v) is 12.1. The molecule has 2 atom stereocenters. The van der Waals surface area contributed by atoms with Gasteiger partial charge in [-0.1, -0.05) is 37.6 Å². The van der Waals surface area contributed by atoms with Crippen LogP contribution in [0.25, 0.3) is 31.6 Å². The number of pyridine rings is 1. The van der Waals surface area contributed by atoms with Crippen LogP contribution in [0.4, 0.5) is 0 Å². The number of rotatable bonds is 4. The molecule has 0 unspecified atom stereocenters. The van der Waals surface area contributed by atoms with Gasteiger partial charge < -0.3 is 14.6 Å². The summed E-state index contributed by atoms with van der Waals surface area (Å²) in [5.41, 5.74) is 3.51. The van der Waals surface area contributed by atoms with Crippen LogP contribution in [-0.2, 0) is 0 Å². The molecule has 6 heteroatoms. The van der Waals surface area contributed by atoms with Crippen molar-refractivity contribution in [3.8, 4) is 16.3 Å². The zero-order valence-electron chi connectivity index (χ0n) is 19.6. The third kappa shape index (κ3) is 4.44. The number of carbonyl (C=O) groups is 1. The van der Waals surface area contributed by atoms with Gasteiger partial charge in [-0.3, -0.25) is 0 Å². The molecule has 2 heterocycles. The molecule has 0 spiro atoms. The van der Waals surface area contributed by atoms with Crippen LogP contribution in [-0.4, -0.2) is 17.1 Å². The van der Waals surface area contributed by atoms with Gasteiger partial charge in [0, 0.05) is 10.3 Å². The monoisotopic (exact) mass is 467 g/mol. The smallest absolute Gasteiger partial charge is 0.545 e. The molecule has 164 valence electrons. The number of carboxylic acids is 1. The Labute approximate surface area is 220 Å². The molecule has 0 N–H and O–H groups in total. The van der Waals surface area contributed by atoms with E-state index < -0.39 is 5.97 Å². The number of aromatic carboxylic acids is 1. The van der Waals surface area contributed by atoms with Crippen molar-refractivity contribution in [2.75, 3.05) is 0 Å². The number of thiophene rings is 1. The third-order valence-electron chi connectivity index (χ3n) is 6.73. The van der Waals surface area contributed by atoms with Crippen LogP contribution < -0.4 is 39.4 Å². The van der Waals surface area contributed by atoms with E-state index in [2.05, 4.69) is 26.0 Å². The molecule has 2 aromatic carbocycles. The fraction of sp³-hybridized carbons (Fsp3) is 0.333. The fourth-order valence-electron chi connectivity index (χ4n) is 4.86. The van der Waals surface area contributed by atoms with Gasteiger partial charge in [-0.2, -0.15) is 0 Å². The van der Waals surface area contributed by atoms with Gasteiger partial charge in [0.2, 0.25) is 0 Å². The second-order valence-electron chi connectivity index (χ2n) is 8.92.